The molecule has 0 heterocycles. The van der Waals surface area contributed by atoms with Crippen molar-refractivity contribution in [3.8, 4) is 0 Å². The van der Waals surface area contributed by atoms with Crippen LogP contribution in [0.2, 0.25) is 0 Å². The Balaban J connectivity index is 2.12. The maximum Gasteiger partial charge on any atom is 0.175 e. The first-order chi connectivity index (χ1) is 9.08. The molecule has 0 N–H and O–H groups in total. The quantitative estimate of drug-likeness (QED) is 0.579. The highest BCUT2D eigenvalue weighted by Gasteiger charge is 2.17. The van der Waals surface area contributed by atoms with Gasteiger partial charge in [0.15, 0.2) is 5.78 Å². The van der Waals surface area contributed by atoms with Crippen molar-refractivity contribution in [3.63, 3.8) is 0 Å². The van der Waals surface area contributed by atoms with Gasteiger partial charge in [0.25, 0.3) is 0 Å². The normalized spacial score (nSPS) is 12.2. The van der Waals surface area contributed by atoms with Crippen LogP contribution in [0.4, 0.5) is 4.39 Å². The molecular weight excluding hydrogens is 327 g/mol. The van der Waals surface area contributed by atoms with Gasteiger partial charge in [-0.25, -0.2) is 4.39 Å². The van der Waals surface area contributed by atoms with Crippen LogP contribution in [0.1, 0.15) is 17.3 Å². The van der Waals surface area contributed by atoms with E-state index in [1.807, 2.05) is 12.1 Å². The van der Waals surface area contributed by atoms with Crippen LogP contribution in [0.25, 0.3) is 0 Å². The van der Waals surface area contributed by atoms with Crippen LogP contribution in [-0.4, -0.2) is 11.0 Å². The zero-order chi connectivity index (χ0) is 13.8. The maximum atomic E-state index is 13.5. The molecule has 1 nitrogen and oxygen atoms in total. The minimum Gasteiger partial charge on any atom is -0.293 e. The van der Waals surface area contributed by atoms with Gasteiger partial charge < -0.3 is 0 Å². The first-order valence-corrected chi connectivity index (χ1v) is 7.46. The van der Waals surface area contributed by atoms with Gasteiger partial charge in [0, 0.05) is 14.9 Å². The summed E-state index contributed by atoms with van der Waals surface area (Å²) in [4.78, 5) is 12.7. The first-order valence-electron chi connectivity index (χ1n) is 5.79. The van der Waals surface area contributed by atoms with Crippen LogP contribution in [0, 0.1) is 5.82 Å². The minimum absolute atomic E-state index is 0.000697. The van der Waals surface area contributed by atoms with Crippen molar-refractivity contribution < 1.29 is 9.18 Å². The molecule has 0 aliphatic carbocycles. The molecule has 1 unspecified atom stereocenters. The molecule has 0 amide bonds. The lowest BCUT2D eigenvalue weighted by molar-refractivity contribution is 0.0994. The fourth-order valence-electron chi connectivity index (χ4n) is 1.63. The van der Waals surface area contributed by atoms with Gasteiger partial charge >= 0.3 is 0 Å². The number of carbonyl (C=O) groups is 1. The predicted molar refractivity (Wildman–Crippen MR) is 80.2 cm³/mol. The van der Waals surface area contributed by atoms with Gasteiger partial charge in [0.1, 0.15) is 5.82 Å². The average molecular weight is 339 g/mol. The van der Waals surface area contributed by atoms with Crippen LogP contribution in [0.15, 0.2) is 57.9 Å². The average Bonchev–Trinajstić information content (AvgIpc) is 2.41. The van der Waals surface area contributed by atoms with Crippen LogP contribution in [0.5, 0.6) is 0 Å². The predicted octanol–water partition coefficient (Wildman–Crippen LogP) is 4.95. The molecule has 2 rings (SSSR count). The third kappa shape index (κ3) is 3.67. The van der Waals surface area contributed by atoms with E-state index in [0.29, 0.717) is 10.5 Å². The number of hydrogen-bond acceptors (Lipinski definition) is 2. The van der Waals surface area contributed by atoms with E-state index >= 15 is 0 Å². The van der Waals surface area contributed by atoms with E-state index < -0.39 is 0 Å². The first kappa shape index (κ1) is 14.3. The lowest BCUT2D eigenvalue weighted by Crippen LogP contribution is -2.13. The van der Waals surface area contributed by atoms with Crippen LogP contribution < -0.4 is 0 Å². The number of benzene rings is 2. The molecule has 1 atom stereocenters. The van der Waals surface area contributed by atoms with Crippen LogP contribution in [-0.2, 0) is 0 Å². The summed E-state index contributed by atoms with van der Waals surface area (Å²) in [5.74, 6) is -0.288. The van der Waals surface area contributed by atoms with Crippen LogP contribution >= 0.6 is 27.7 Å². The summed E-state index contributed by atoms with van der Waals surface area (Å²) in [6.45, 7) is 1.79. The van der Waals surface area contributed by atoms with Crippen molar-refractivity contribution in [1.82, 2.24) is 0 Å². The van der Waals surface area contributed by atoms with Crippen molar-refractivity contribution in [3.05, 3.63) is 64.4 Å². The Bertz CT molecular complexity index is 583. The second kappa shape index (κ2) is 6.35. The summed E-state index contributed by atoms with van der Waals surface area (Å²) >= 11 is 4.57. The fourth-order valence-corrected chi connectivity index (χ4v) is 2.86. The summed E-state index contributed by atoms with van der Waals surface area (Å²) < 4.78 is 14.5. The third-order valence-electron chi connectivity index (χ3n) is 2.64. The van der Waals surface area contributed by atoms with Crippen molar-refractivity contribution in [2.24, 2.45) is 0 Å². The highest BCUT2D eigenvalue weighted by atomic mass is 79.9. The number of thioether (sulfide) groups is 1. The smallest absolute Gasteiger partial charge is 0.175 e. The molecule has 0 saturated heterocycles. The second-order valence-corrected chi connectivity index (χ2v) is 6.36. The van der Waals surface area contributed by atoms with E-state index in [9.17, 15) is 9.18 Å². The van der Waals surface area contributed by atoms with Gasteiger partial charge in [-0.2, -0.15) is 0 Å². The molecule has 0 aliphatic rings. The number of halogens is 2. The highest BCUT2D eigenvalue weighted by molar-refractivity contribution is 9.10. The van der Waals surface area contributed by atoms with E-state index in [4.69, 9.17) is 0 Å². The van der Waals surface area contributed by atoms with Crippen LogP contribution in [0.3, 0.4) is 0 Å². The van der Waals surface area contributed by atoms with Gasteiger partial charge in [-0.15, -0.1) is 11.8 Å². The summed E-state index contributed by atoms with van der Waals surface area (Å²) in [5.41, 5.74) is 0.638. The Morgan fingerprint density at radius 3 is 2.42 bits per heavy atom. The molecule has 2 aromatic rings. The summed E-state index contributed by atoms with van der Waals surface area (Å²) in [7, 11) is 0. The fraction of sp³-hybridized carbons (Fsp3) is 0.133. The van der Waals surface area contributed by atoms with E-state index in [2.05, 4.69) is 15.9 Å². The molecule has 2 aromatic carbocycles. The van der Waals surface area contributed by atoms with Crippen molar-refractivity contribution in [2.75, 3.05) is 0 Å². The third-order valence-corrected chi connectivity index (χ3v) is 4.32. The van der Waals surface area contributed by atoms with Crippen molar-refractivity contribution >= 4 is 33.5 Å². The monoisotopic (exact) mass is 338 g/mol. The van der Waals surface area contributed by atoms with E-state index in [1.165, 1.54) is 17.8 Å². The number of Topliss-reactive ketones (excluding diaryl/α,β-unsaturated/α-hetero) is 1. The van der Waals surface area contributed by atoms with Gasteiger partial charge in [-0.1, -0.05) is 40.2 Å². The number of rotatable bonds is 4. The lowest BCUT2D eigenvalue weighted by Gasteiger charge is -2.11. The Morgan fingerprint density at radius 1 is 1.16 bits per heavy atom. The molecule has 0 aromatic heterocycles. The molecule has 0 bridgehead atoms. The molecule has 0 aliphatic heterocycles. The maximum absolute atomic E-state index is 13.5. The van der Waals surface area contributed by atoms with Gasteiger partial charge in [-0.05, 0) is 31.2 Å². The van der Waals surface area contributed by atoms with Crippen molar-refractivity contribution in [2.45, 2.75) is 17.1 Å². The molecule has 19 heavy (non-hydrogen) atoms. The lowest BCUT2D eigenvalue weighted by atomic mass is 10.1. The topological polar surface area (TPSA) is 17.1 Å². The number of carbonyl (C=O) groups excluding carboxylic acids is 1. The Kier molecular flexibility index (Phi) is 4.77. The van der Waals surface area contributed by atoms with E-state index in [1.54, 1.807) is 37.3 Å². The SMILES string of the molecule is CC(Sc1ccccc1F)C(=O)c1ccc(Br)cc1. The zero-order valence-electron chi connectivity index (χ0n) is 10.3. The zero-order valence-corrected chi connectivity index (χ0v) is 12.7. The van der Waals surface area contributed by atoms with Gasteiger partial charge in [-0.3, -0.25) is 4.79 Å². The van der Waals surface area contributed by atoms with E-state index in [-0.39, 0.29) is 16.9 Å². The van der Waals surface area contributed by atoms with Gasteiger partial charge in [0.05, 0.1) is 5.25 Å². The molecule has 0 saturated carbocycles. The Labute approximate surface area is 124 Å². The largest absolute Gasteiger partial charge is 0.293 e. The second-order valence-electron chi connectivity index (χ2n) is 4.06. The standard InChI is InChI=1S/C15H12BrFOS/c1-10(19-14-5-3-2-4-13(14)17)15(18)11-6-8-12(16)9-7-11/h2-10H,1H3. The number of hydrogen-bond donors (Lipinski definition) is 0. The summed E-state index contributed by atoms with van der Waals surface area (Å²) in [5, 5.41) is -0.321. The van der Waals surface area contributed by atoms with E-state index in [0.717, 1.165) is 4.47 Å². The highest BCUT2D eigenvalue weighted by Crippen LogP contribution is 2.28. The molecular formula is C15H12BrFOS. The Morgan fingerprint density at radius 2 is 1.79 bits per heavy atom. The van der Waals surface area contributed by atoms with Crippen molar-refractivity contribution in [1.29, 1.82) is 0 Å². The number of ketones is 1. The van der Waals surface area contributed by atoms with Gasteiger partial charge in [0.2, 0.25) is 0 Å². The molecule has 0 spiro atoms. The molecule has 4 heteroatoms. The Hall–Kier alpha value is -1.13. The molecule has 0 radical (unpaired) electrons. The summed E-state index contributed by atoms with van der Waals surface area (Å²) in [6.07, 6.45) is 0. The minimum atomic E-state index is -0.321. The molecule has 0 fully saturated rings. The molecule has 98 valence electrons. The summed E-state index contributed by atoms with van der Waals surface area (Å²) in [6, 6.07) is 13.7.